The number of amides is 2. The van der Waals surface area contributed by atoms with Crippen LogP contribution in [0, 0.1) is 0 Å². The molecule has 0 fully saturated rings. The molecule has 1 heterocycles. The first-order chi connectivity index (χ1) is 12.1. The second-order valence-corrected chi connectivity index (χ2v) is 5.55. The van der Waals surface area contributed by atoms with E-state index in [2.05, 4.69) is 10.6 Å². The summed E-state index contributed by atoms with van der Waals surface area (Å²) in [7, 11) is 3.25. The van der Waals surface area contributed by atoms with Crippen LogP contribution in [0.2, 0.25) is 0 Å². The Bertz CT molecular complexity index is 958. The van der Waals surface area contributed by atoms with Gasteiger partial charge in [-0.25, -0.2) is 9.59 Å². The van der Waals surface area contributed by atoms with Crippen LogP contribution in [0.25, 0.3) is 11.1 Å². The molecule has 0 saturated heterocycles. The van der Waals surface area contributed by atoms with Gasteiger partial charge in [0.1, 0.15) is 5.75 Å². The van der Waals surface area contributed by atoms with E-state index in [1.54, 1.807) is 32.4 Å². The Morgan fingerprint density at radius 3 is 2.84 bits per heavy atom. The first-order valence-electron chi connectivity index (χ1n) is 7.85. The maximum Gasteiger partial charge on any atom is 0.419 e. The summed E-state index contributed by atoms with van der Waals surface area (Å²) in [5.41, 5.74) is 2.68. The van der Waals surface area contributed by atoms with Crippen molar-refractivity contribution < 1.29 is 13.9 Å². The minimum absolute atomic E-state index is 0.326. The molecule has 130 valence electrons. The molecular formula is C18H19N3O4. The van der Waals surface area contributed by atoms with Gasteiger partial charge in [-0.1, -0.05) is 18.2 Å². The number of aryl methyl sites for hydroxylation is 1. The quantitative estimate of drug-likeness (QED) is 0.747. The summed E-state index contributed by atoms with van der Waals surface area (Å²) in [6.45, 7) is 0.467. The maximum absolute atomic E-state index is 12.0. The number of rotatable bonds is 5. The molecule has 7 nitrogen and oxygen atoms in total. The van der Waals surface area contributed by atoms with E-state index >= 15 is 0 Å². The lowest BCUT2D eigenvalue weighted by atomic mass is 10.1. The molecule has 0 bridgehead atoms. The van der Waals surface area contributed by atoms with Crippen LogP contribution in [0.3, 0.4) is 0 Å². The van der Waals surface area contributed by atoms with Gasteiger partial charge in [-0.05, 0) is 30.2 Å². The van der Waals surface area contributed by atoms with E-state index < -0.39 is 5.76 Å². The average Bonchev–Trinajstić information content (AvgIpc) is 2.89. The van der Waals surface area contributed by atoms with E-state index in [-0.39, 0.29) is 6.03 Å². The lowest BCUT2D eigenvalue weighted by Crippen LogP contribution is -2.30. The molecule has 2 N–H and O–H groups in total. The molecule has 0 spiro atoms. The minimum Gasteiger partial charge on any atom is -0.496 e. The molecule has 0 radical (unpaired) electrons. The van der Waals surface area contributed by atoms with Crippen LogP contribution in [-0.2, 0) is 13.5 Å². The molecule has 0 atom stereocenters. The number of hydrogen-bond donors (Lipinski definition) is 2. The van der Waals surface area contributed by atoms with Crippen molar-refractivity contribution in [3.05, 3.63) is 58.6 Å². The summed E-state index contributed by atoms with van der Waals surface area (Å²) in [6, 6.07) is 12.4. The summed E-state index contributed by atoms with van der Waals surface area (Å²) < 4.78 is 11.8. The monoisotopic (exact) mass is 341 g/mol. The Kier molecular flexibility index (Phi) is 4.74. The van der Waals surface area contributed by atoms with Gasteiger partial charge in [0.05, 0.1) is 12.6 Å². The number of ether oxygens (including phenoxy) is 1. The van der Waals surface area contributed by atoms with Gasteiger partial charge in [-0.15, -0.1) is 0 Å². The molecule has 0 aliphatic heterocycles. The van der Waals surface area contributed by atoms with Gasteiger partial charge in [-0.2, -0.15) is 0 Å². The van der Waals surface area contributed by atoms with E-state index in [1.807, 2.05) is 24.3 Å². The fourth-order valence-corrected chi connectivity index (χ4v) is 2.61. The van der Waals surface area contributed by atoms with Crippen molar-refractivity contribution in [3.8, 4) is 5.75 Å². The number of anilines is 1. The van der Waals surface area contributed by atoms with E-state index in [0.717, 1.165) is 11.3 Å². The third-order valence-corrected chi connectivity index (χ3v) is 3.92. The van der Waals surface area contributed by atoms with Gasteiger partial charge in [-0.3, -0.25) is 4.57 Å². The van der Waals surface area contributed by atoms with Crippen molar-refractivity contribution in [2.75, 3.05) is 19.0 Å². The molecule has 1 aromatic heterocycles. The lowest BCUT2D eigenvalue weighted by molar-refractivity contribution is 0.252. The predicted molar refractivity (Wildman–Crippen MR) is 95.2 cm³/mol. The van der Waals surface area contributed by atoms with Crippen LogP contribution in [-0.4, -0.2) is 24.3 Å². The first-order valence-corrected chi connectivity index (χ1v) is 7.85. The minimum atomic E-state index is -0.437. The van der Waals surface area contributed by atoms with Crippen molar-refractivity contribution in [1.82, 2.24) is 9.88 Å². The van der Waals surface area contributed by atoms with Crippen LogP contribution >= 0.6 is 0 Å². The highest BCUT2D eigenvalue weighted by atomic mass is 16.5. The fourth-order valence-electron chi connectivity index (χ4n) is 2.61. The van der Waals surface area contributed by atoms with Crippen LogP contribution in [0.4, 0.5) is 10.5 Å². The van der Waals surface area contributed by atoms with E-state index in [4.69, 9.17) is 9.15 Å². The van der Waals surface area contributed by atoms with Gasteiger partial charge in [0, 0.05) is 25.3 Å². The Hall–Kier alpha value is -3.22. The zero-order valence-electron chi connectivity index (χ0n) is 14.0. The largest absolute Gasteiger partial charge is 0.496 e. The summed E-state index contributed by atoms with van der Waals surface area (Å²) in [5, 5.41) is 5.52. The summed E-state index contributed by atoms with van der Waals surface area (Å²) in [4.78, 5) is 23.5. The van der Waals surface area contributed by atoms with Crippen molar-refractivity contribution in [1.29, 1.82) is 0 Å². The Morgan fingerprint density at radius 1 is 1.24 bits per heavy atom. The zero-order valence-corrected chi connectivity index (χ0v) is 14.0. The topological polar surface area (TPSA) is 85.5 Å². The summed E-state index contributed by atoms with van der Waals surface area (Å²) >= 11 is 0. The van der Waals surface area contributed by atoms with E-state index in [0.29, 0.717) is 29.8 Å². The number of para-hydroxylation sites is 1. The molecule has 7 heteroatoms. The number of nitrogens with zero attached hydrogens (tertiary/aromatic N) is 1. The second-order valence-electron chi connectivity index (χ2n) is 5.55. The van der Waals surface area contributed by atoms with Crippen LogP contribution < -0.4 is 21.1 Å². The highest BCUT2D eigenvalue weighted by Crippen LogP contribution is 2.18. The normalized spacial score (nSPS) is 10.6. The number of carbonyl (C=O) groups is 1. The van der Waals surface area contributed by atoms with Gasteiger partial charge in [0.2, 0.25) is 0 Å². The number of hydrogen-bond acceptors (Lipinski definition) is 4. The molecular weight excluding hydrogens is 322 g/mol. The molecule has 25 heavy (non-hydrogen) atoms. The fraction of sp³-hybridized carbons (Fsp3) is 0.222. The highest BCUT2D eigenvalue weighted by Gasteiger charge is 2.08. The van der Waals surface area contributed by atoms with E-state index in [1.165, 1.54) is 4.57 Å². The molecule has 0 unspecified atom stereocenters. The number of nitrogens with one attached hydrogen (secondary N) is 2. The SMILES string of the molecule is COc1ccccc1CCNC(=O)Nc1ccc2c(c1)oc(=O)n2C. The van der Waals surface area contributed by atoms with Crippen molar-refractivity contribution in [2.24, 2.45) is 7.05 Å². The molecule has 0 saturated carbocycles. The molecule has 0 aliphatic carbocycles. The molecule has 3 rings (SSSR count). The van der Waals surface area contributed by atoms with Crippen LogP contribution in [0.1, 0.15) is 5.56 Å². The Balaban J connectivity index is 1.58. The van der Waals surface area contributed by atoms with Gasteiger partial charge in [0.15, 0.2) is 5.58 Å². The van der Waals surface area contributed by atoms with Crippen molar-refractivity contribution in [2.45, 2.75) is 6.42 Å². The van der Waals surface area contributed by atoms with Crippen molar-refractivity contribution in [3.63, 3.8) is 0 Å². The molecule has 3 aromatic rings. The third kappa shape index (κ3) is 3.65. The Morgan fingerprint density at radius 2 is 2.04 bits per heavy atom. The van der Waals surface area contributed by atoms with Crippen LogP contribution in [0.15, 0.2) is 51.7 Å². The number of carbonyl (C=O) groups excluding carboxylic acids is 1. The number of aromatic nitrogens is 1. The second kappa shape index (κ2) is 7.12. The van der Waals surface area contributed by atoms with Gasteiger partial charge in [0.25, 0.3) is 0 Å². The van der Waals surface area contributed by atoms with Crippen molar-refractivity contribution >= 4 is 22.8 Å². The smallest absolute Gasteiger partial charge is 0.419 e. The maximum atomic E-state index is 12.0. The summed E-state index contributed by atoms with van der Waals surface area (Å²) in [5.74, 6) is 0.364. The standard InChI is InChI=1S/C18H19N3O4/c1-21-14-8-7-13(11-16(14)25-18(21)23)20-17(22)19-10-9-12-5-3-4-6-15(12)24-2/h3-8,11H,9-10H2,1-2H3,(H2,19,20,22). The molecule has 2 amide bonds. The molecule has 2 aromatic carbocycles. The van der Waals surface area contributed by atoms with Gasteiger partial charge >= 0.3 is 11.8 Å². The number of urea groups is 1. The van der Waals surface area contributed by atoms with Gasteiger partial charge < -0.3 is 19.8 Å². The highest BCUT2D eigenvalue weighted by molar-refractivity contribution is 5.91. The van der Waals surface area contributed by atoms with E-state index in [9.17, 15) is 9.59 Å². The number of oxazole rings is 1. The predicted octanol–water partition coefficient (Wildman–Crippen LogP) is 2.50. The average molecular weight is 341 g/mol. The first kappa shape index (κ1) is 16.6. The summed E-state index contributed by atoms with van der Waals surface area (Å²) in [6.07, 6.45) is 0.657. The number of methoxy groups -OCH3 is 1. The van der Waals surface area contributed by atoms with Crippen LogP contribution in [0.5, 0.6) is 5.75 Å². The number of benzene rings is 2. The number of fused-ring (bicyclic) bond motifs is 1. The Labute approximate surface area is 144 Å². The third-order valence-electron chi connectivity index (χ3n) is 3.92. The molecule has 0 aliphatic rings. The lowest BCUT2D eigenvalue weighted by Gasteiger charge is -2.10. The zero-order chi connectivity index (χ0) is 17.8.